The van der Waals surface area contributed by atoms with Crippen LogP contribution >= 0.6 is 15.9 Å². The maximum atomic E-state index is 5.98. The van der Waals surface area contributed by atoms with E-state index in [9.17, 15) is 0 Å². The van der Waals surface area contributed by atoms with Gasteiger partial charge in [0.25, 0.3) is 0 Å². The van der Waals surface area contributed by atoms with E-state index in [1.54, 1.807) is 0 Å². The minimum atomic E-state index is 0.519. The van der Waals surface area contributed by atoms with Crippen LogP contribution in [0.2, 0.25) is 0 Å². The highest BCUT2D eigenvalue weighted by Crippen LogP contribution is 2.36. The lowest BCUT2D eigenvalue weighted by atomic mass is 9.96. The molecule has 0 saturated heterocycles. The quantitative estimate of drug-likeness (QED) is 0.835. The molecule has 1 fully saturated rings. The Bertz CT molecular complexity index is 404. The zero-order valence-corrected chi connectivity index (χ0v) is 14.3. The number of halogens is 1. The van der Waals surface area contributed by atoms with Gasteiger partial charge in [-0.05, 0) is 56.0 Å². The molecule has 3 heteroatoms. The molecule has 0 aromatic heterocycles. The highest BCUT2D eigenvalue weighted by Gasteiger charge is 2.33. The maximum Gasteiger partial charge on any atom is 0.0348 e. The summed E-state index contributed by atoms with van der Waals surface area (Å²) in [5, 5.41) is 0. The Morgan fingerprint density at radius 3 is 2.50 bits per heavy atom. The second-order valence-electron chi connectivity index (χ2n) is 5.80. The number of hydrogen-bond donors (Lipinski definition) is 1. The molecule has 1 aliphatic carbocycles. The highest BCUT2D eigenvalue weighted by atomic mass is 79.9. The van der Waals surface area contributed by atoms with Gasteiger partial charge in [-0.1, -0.05) is 48.3 Å². The number of nitrogens with zero attached hydrogens (tertiary/aromatic N) is 1. The van der Waals surface area contributed by atoms with E-state index < -0.39 is 0 Å². The molecule has 0 bridgehead atoms. The Balaban J connectivity index is 2.20. The molecule has 3 atom stereocenters. The van der Waals surface area contributed by atoms with Crippen LogP contribution < -0.4 is 5.73 Å². The Morgan fingerprint density at radius 2 is 1.95 bits per heavy atom. The average molecular weight is 339 g/mol. The van der Waals surface area contributed by atoms with Gasteiger partial charge in [-0.25, -0.2) is 0 Å². The molecule has 3 unspecified atom stereocenters. The molecular weight excluding hydrogens is 312 g/mol. The topological polar surface area (TPSA) is 29.3 Å². The van der Waals surface area contributed by atoms with Crippen LogP contribution in [0.5, 0.6) is 0 Å². The summed E-state index contributed by atoms with van der Waals surface area (Å²) in [5.74, 6) is 0.680. The first-order chi connectivity index (χ1) is 9.71. The van der Waals surface area contributed by atoms with Gasteiger partial charge < -0.3 is 5.73 Å². The number of nitrogens with two attached hydrogens (primary N) is 1. The third-order valence-electron chi connectivity index (χ3n) is 4.75. The average Bonchev–Trinajstić information content (AvgIpc) is 2.94. The Morgan fingerprint density at radius 1 is 1.25 bits per heavy atom. The zero-order chi connectivity index (χ0) is 14.5. The van der Waals surface area contributed by atoms with Crippen molar-refractivity contribution in [2.45, 2.75) is 51.6 Å². The van der Waals surface area contributed by atoms with E-state index in [-0.39, 0.29) is 0 Å². The van der Waals surface area contributed by atoms with Crippen LogP contribution in [-0.2, 0) is 0 Å². The number of benzene rings is 1. The zero-order valence-electron chi connectivity index (χ0n) is 12.7. The summed E-state index contributed by atoms with van der Waals surface area (Å²) in [5.41, 5.74) is 7.41. The Kier molecular flexibility index (Phi) is 6.06. The van der Waals surface area contributed by atoms with Crippen molar-refractivity contribution in [2.24, 2.45) is 11.7 Å². The van der Waals surface area contributed by atoms with Crippen LogP contribution in [0, 0.1) is 5.92 Å². The molecule has 0 aliphatic heterocycles. The summed E-state index contributed by atoms with van der Waals surface area (Å²) in [6, 6.07) is 10.0. The summed E-state index contributed by atoms with van der Waals surface area (Å²) < 4.78 is 1.15. The predicted octanol–water partition coefficient (Wildman–Crippen LogP) is 4.35. The van der Waals surface area contributed by atoms with E-state index in [1.807, 2.05) is 0 Å². The fraction of sp³-hybridized carbons (Fsp3) is 0.647. The van der Waals surface area contributed by atoms with E-state index in [4.69, 9.17) is 5.73 Å². The first-order valence-corrected chi connectivity index (χ1v) is 8.71. The molecule has 112 valence electrons. The first kappa shape index (κ1) is 16.0. The molecule has 1 aromatic rings. The van der Waals surface area contributed by atoms with Crippen LogP contribution in [0.3, 0.4) is 0 Å². The van der Waals surface area contributed by atoms with Crippen LogP contribution in [0.1, 0.15) is 51.1 Å². The van der Waals surface area contributed by atoms with Crippen molar-refractivity contribution < 1.29 is 0 Å². The molecule has 0 amide bonds. The van der Waals surface area contributed by atoms with Gasteiger partial charge in [-0.2, -0.15) is 0 Å². The van der Waals surface area contributed by atoms with E-state index in [0.29, 0.717) is 18.0 Å². The number of rotatable bonds is 6. The van der Waals surface area contributed by atoms with Gasteiger partial charge in [0.1, 0.15) is 0 Å². The summed E-state index contributed by atoms with van der Waals surface area (Å²) in [6.07, 6.45) is 5.10. The standard InChI is InChI=1S/C17H27BrN2/c1-3-16(13-8-10-15(18)11-9-13)20(4-2)17-7-5-6-14(17)12-19/h8-11,14,16-17H,3-7,12,19H2,1-2H3. The normalized spacial score (nSPS) is 24.2. The largest absolute Gasteiger partial charge is 0.330 e. The van der Waals surface area contributed by atoms with Crippen molar-refractivity contribution >= 4 is 15.9 Å². The monoisotopic (exact) mass is 338 g/mol. The summed E-state index contributed by atoms with van der Waals surface area (Å²) >= 11 is 3.53. The SMILES string of the molecule is CCC(c1ccc(Br)cc1)N(CC)C1CCCC1CN. The second kappa shape index (κ2) is 7.58. The van der Waals surface area contributed by atoms with Crippen molar-refractivity contribution in [1.29, 1.82) is 0 Å². The third kappa shape index (κ3) is 3.44. The minimum Gasteiger partial charge on any atom is -0.330 e. The van der Waals surface area contributed by atoms with Gasteiger partial charge in [0.05, 0.1) is 0 Å². The minimum absolute atomic E-state index is 0.519. The maximum absolute atomic E-state index is 5.98. The lowest BCUT2D eigenvalue weighted by Gasteiger charge is -2.38. The smallest absolute Gasteiger partial charge is 0.0348 e. The molecule has 2 N–H and O–H groups in total. The van der Waals surface area contributed by atoms with E-state index in [1.165, 1.54) is 24.8 Å². The second-order valence-corrected chi connectivity index (χ2v) is 6.72. The molecule has 20 heavy (non-hydrogen) atoms. The van der Waals surface area contributed by atoms with Crippen molar-refractivity contribution in [3.63, 3.8) is 0 Å². The van der Waals surface area contributed by atoms with Crippen LogP contribution in [0.25, 0.3) is 0 Å². The lowest BCUT2D eigenvalue weighted by molar-refractivity contribution is 0.111. The van der Waals surface area contributed by atoms with Crippen LogP contribution in [0.4, 0.5) is 0 Å². The third-order valence-corrected chi connectivity index (χ3v) is 5.28. The van der Waals surface area contributed by atoms with Crippen molar-refractivity contribution in [1.82, 2.24) is 4.90 Å². The molecule has 0 spiro atoms. The van der Waals surface area contributed by atoms with Crippen molar-refractivity contribution in [3.8, 4) is 0 Å². The molecule has 2 nitrogen and oxygen atoms in total. The molecule has 1 saturated carbocycles. The molecule has 0 heterocycles. The van der Waals surface area contributed by atoms with Crippen molar-refractivity contribution in [2.75, 3.05) is 13.1 Å². The summed E-state index contributed by atoms with van der Waals surface area (Å²) in [7, 11) is 0. The fourth-order valence-corrected chi connectivity index (χ4v) is 4.03. The Labute approximate surface area is 131 Å². The fourth-order valence-electron chi connectivity index (χ4n) is 3.76. The van der Waals surface area contributed by atoms with E-state index in [2.05, 4.69) is 58.9 Å². The van der Waals surface area contributed by atoms with Gasteiger partial charge in [0.2, 0.25) is 0 Å². The van der Waals surface area contributed by atoms with Crippen molar-refractivity contribution in [3.05, 3.63) is 34.3 Å². The van der Waals surface area contributed by atoms with Gasteiger partial charge in [0.15, 0.2) is 0 Å². The summed E-state index contributed by atoms with van der Waals surface area (Å²) in [4.78, 5) is 2.69. The van der Waals surface area contributed by atoms with Crippen LogP contribution in [0.15, 0.2) is 28.7 Å². The van der Waals surface area contributed by atoms with Crippen LogP contribution in [-0.4, -0.2) is 24.0 Å². The molecule has 2 rings (SSSR count). The number of hydrogen-bond acceptors (Lipinski definition) is 2. The predicted molar refractivity (Wildman–Crippen MR) is 89.7 cm³/mol. The molecule has 1 aliphatic rings. The van der Waals surface area contributed by atoms with E-state index >= 15 is 0 Å². The summed E-state index contributed by atoms with van der Waals surface area (Å²) in [6.45, 7) is 6.52. The van der Waals surface area contributed by atoms with E-state index in [0.717, 1.165) is 24.0 Å². The first-order valence-electron chi connectivity index (χ1n) is 7.92. The lowest BCUT2D eigenvalue weighted by Crippen LogP contribution is -2.42. The highest BCUT2D eigenvalue weighted by molar-refractivity contribution is 9.10. The van der Waals surface area contributed by atoms with Gasteiger partial charge in [-0.15, -0.1) is 0 Å². The Hall–Kier alpha value is -0.380. The molecule has 0 radical (unpaired) electrons. The van der Waals surface area contributed by atoms with Gasteiger partial charge in [-0.3, -0.25) is 4.90 Å². The van der Waals surface area contributed by atoms with Gasteiger partial charge >= 0.3 is 0 Å². The molecular formula is C17H27BrN2. The molecule has 1 aromatic carbocycles. The van der Waals surface area contributed by atoms with Gasteiger partial charge in [0, 0.05) is 16.6 Å².